The van der Waals surface area contributed by atoms with E-state index in [0.717, 1.165) is 5.92 Å². The van der Waals surface area contributed by atoms with Gasteiger partial charge < -0.3 is 5.73 Å². The first-order valence-corrected chi connectivity index (χ1v) is 7.55. The van der Waals surface area contributed by atoms with E-state index < -0.39 is 0 Å². The second-order valence-corrected chi connectivity index (χ2v) is 6.14. The Labute approximate surface area is 108 Å². The van der Waals surface area contributed by atoms with Crippen LogP contribution in [0.2, 0.25) is 0 Å². The molecule has 2 N–H and O–H groups in total. The van der Waals surface area contributed by atoms with Gasteiger partial charge in [-0.25, -0.2) is 0 Å². The predicted octanol–water partition coefficient (Wildman–Crippen LogP) is 3.40. The fourth-order valence-corrected chi connectivity index (χ4v) is 3.25. The summed E-state index contributed by atoms with van der Waals surface area (Å²) in [6, 6.07) is 0.326. The lowest BCUT2D eigenvalue weighted by atomic mass is 9.82. The third-order valence-electron chi connectivity index (χ3n) is 4.78. The number of rotatable bonds is 7. The van der Waals surface area contributed by atoms with Crippen LogP contribution in [-0.2, 0) is 0 Å². The smallest absolute Gasteiger partial charge is 0.0329 e. The summed E-state index contributed by atoms with van der Waals surface area (Å²) in [5, 5.41) is 0. The zero-order valence-corrected chi connectivity index (χ0v) is 12.3. The largest absolute Gasteiger partial charge is 0.326 e. The molecule has 0 aromatic carbocycles. The first kappa shape index (κ1) is 15.0. The van der Waals surface area contributed by atoms with E-state index >= 15 is 0 Å². The molecule has 102 valence electrons. The summed E-state index contributed by atoms with van der Waals surface area (Å²) in [7, 11) is 0. The SMILES string of the molecule is CCCC(C)CC(N)C(C)(CC)N1CCCC1. The average Bonchev–Trinajstić information content (AvgIpc) is 2.82. The topological polar surface area (TPSA) is 29.3 Å². The van der Waals surface area contributed by atoms with Crippen LogP contribution in [0.5, 0.6) is 0 Å². The highest BCUT2D eigenvalue weighted by Crippen LogP contribution is 2.30. The molecular formula is C15H32N2. The van der Waals surface area contributed by atoms with Crippen LogP contribution >= 0.6 is 0 Å². The molecule has 1 aliphatic rings. The number of likely N-dealkylation sites (tertiary alicyclic amines) is 1. The minimum Gasteiger partial charge on any atom is -0.326 e. The molecule has 3 unspecified atom stereocenters. The van der Waals surface area contributed by atoms with Gasteiger partial charge in [-0.1, -0.05) is 33.6 Å². The minimum atomic E-state index is 0.221. The van der Waals surface area contributed by atoms with Crippen molar-refractivity contribution >= 4 is 0 Å². The Hall–Kier alpha value is -0.0800. The van der Waals surface area contributed by atoms with E-state index in [2.05, 4.69) is 32.6 Å². The van der Waals surface area contributed by atoms with Crippen molar-refractivity contribution in [2.45, 2.75) is 77.8 Å². The average molecular weight is 240 g/mol. The summed E-state index contributed by atoms with van der Waals surface area (Å²) in [4.78, 5) is 2.64. The minimum absolute atomic E-state index is 0.221. The Morgan fingerprint density at radius 3 is 2.29 bits per heavy atom. The Balaban J connectivity index is 2.57. The highest BCUT2D eigenvalue weighted by atomic mass is 15.2. The van der Waals surface area contributed by atoms with E-state index in [-0.39, 0.29) is 5.54 Å². The van der Waals surface area contributed by atoms with Crippen LogP contribution in [0.15, 0.2) is 0 Å². The normalized spacial score (nSPS) is 24.5. The monoisotopic (exact) mass is 240 g/mol. The van der Waals surface area contributed by atoms with Crippen molar-refractivity contribution in [2.24, 2.45) is 11.7 Å². The summed E-state index contributed by atoms with van der Waals surface area (Å²) in [5.74, 6) is 0.767. The van der Waals surface area contributed by atoms with Crippen LogP contribution in [0.25, 0.3) is 0 Å². The van der Waals surface area contributed by atoms with E-state index in [0.29, 0.717) is 6.04 Å². The molecule has 1 aliphatic heterocycles. The van der Waals surface area contributed by atoms with E-state index in [1.54, 1.807) is 0 Å². The summed E-state index contributed by atoms with van der Waals surface area (Å²) >= 11 is 0. The molecule has 0 aromatic heterocycles. The van der Waals surface area contributed by atoms with Gasteiger partial charge >= 0.3 is 0 Å². The van der Waals surface area contributed by atoms with Crippen molar-refractivity contribution in [1.82, 2.24) is 4.90 Å². The van der Waals surface area contributed by atoms with Gasteiger partial charge in [-0.15, -0.1) is 0 Å². The molecule has 0 aliphatic carbocycles. The van der Waals surface area contributed by atoms with Gasteiger partial charge in [0.25, 0.3) is 0 Å². The Kier molecular flexibility index (Phi) is 5.94. The van der Waals surface area contributed by atoms with Gasteiger partial charge in [0.1, 0.15) is 0 Å². The van der Waals surface area contributed by atoms with Gasteiger partial charge in [-0.3, -0.25) is 4.90 Å². The second-order valence-electron chi connectivity index (χ2n) is 6.14. The van der Waals surface area contributed by atoms with Crippen LogP contribution in [-0.4, -0.2) is 29.6 Å². The van der Waals surface area contributed by atoms with Gasteiger partial charge in [0, 0.05) is 11.6 Å². The van der Waals surface area contributed by atoms with Crippen molar-refractivity contribution in [3.63, 3.8) is 0 Å². The molecule has 1 fully saturated rings. The molecule has 2 nitrogen and oxygen atoms in total. The Morgan fingerprint density at radius 2 is 1.82 bits per heavy atom. The van der Waals surface area contributed by atoms with Crippen LogP contribution in [0.1, 0.15) is 66.2 Å². The fourth-order valence-electron chi connectivity index (χ4n) is 3.25. The fraction of sp³-hybridized carbons (Fsp3) is 1.00. The first-order valence-electron chi connectivity index (χ1n) is 7.55. The van der Waals surface area contributed by atoms with Crippen LogP contribution in [0, 0.1) is 5.92 Å². The Bertz CT molecular complexity index is 211. The number of nitrogens with two attached hydrogens (primary N) is 1. The zero-order valence-electron chi connectivity index (χ0n) is 12.3. The highest BCUT2D eigenvalue weighted by molar-refractivity contribution is 4.96. The predicted molar refractivity (Wildman–Crippen MR) is 76.2 cm³/mol. The molecule has 0 radical (unpaired) electrons. The van der Waals surface area contributed by atoms with Crippen molar-refractivity contribution in [3.05, 3.63) is 0 Å². The molecule has 0 spiro atoms. The first-order chi connectivity index (χ1) is 8.04. The van der Waals surface area contributed by atoms with Crippen LogP contribution < -0.4 is 5.73 Å². The van der Waals surface area contributed by atoms with E-state index in [4.69, 9.17) is 5.73 Å². The highest BCUT2D eigenvalue weighted by Gasteiger charge is 2.37. The second kappa shape index (κ2) is 6.75. The third kappa shape index (κ3) is 3.69. The molecule has 0 saturated carbocycles. The summed E-state index contributed by atoms with van der Waals surface area (Å²) in [6.07, 6.45) is 7.65. The summed E-state index contributed by atoms with van der Waals surface area (Å²) in [5.41, 5.74) is 6.75. The third-order valence-corrected chi connectivity index (χ3v) is 4.78. The Morgan fingerprint density at radius 1 is 1.24 bits per heavy atom. The number of hydrogen-bond donors (Lipinski definition) is 1. The quantitative estimate of drug-likeness (QED) is 0.739. The maximum absolute atomic E-state index is 6.53. The van der Waals surface area contributed by atoms with Crippen molar-refractivity contribution in [2.75, 3.05) is 13.1 Å². The van der Waals surface area contributed by atoms with E-state index in [1.807, 2.05) is 0 Å². The molecule has 17 heavy (non-hydrogen) atoms. The van der Waals surface area contributed by atoms with Crippen LogP contribution in [0.3, 0.4) is 0 Å². The number of nitrogens with zero attached hydrogens (tertiary/aromatic N) is 1. The molecule has 1 saturated heterocycles. The standard InChI is InChI=1S/C15H32N2/c1-5-9-13(3)12-14(16)15(4,6-2)17-10-7-8-11-17/h13-14H,5-12,16H2,1-4H3. The van der Waals surface area contributed by atoms with Gasteiger partial charge in [-0.05, 0) is 51.6 Å². The molecular weight excluding hydrogens is 208 g/mol. The van der Waals surface area contributed by atoms with Gasteiger partial charge in [0.15, 0.2) is 0 Å². The molecule has 3 atom stereocenters. The lowest BCUT2D eigenvalue weighted by molar-refractivity contribution is 0.0897. The molecule has 2 heteroatoms. The molecule has 1 heterocycles. The molecule has 0 aromatic rings. The lowest BCUT2D eigenvalue weighted by Crippen LogP contribution is -2.57. The van der Waals surface area contributed by atoms with Gasteiger partial charge in [0.2, 0.25) is 0 Å². The van der Waals surface area contributed by atoms with Crippen molar-refractivity contribution in [1.29, 1.82) is 0 Å². The van der Waals surface area contributed by atoms with E-state index in [9.17, 15) is 0 Å². The summed E-state index contributed by atoms with van der Waals surface area (Å²) in [6.45, 7) is 11.8. The van der Waals surface area contributed by atoms with Crippen molar-refractivity contribution in [3.8, 4) is 0 Å². The molecule has 0 bridgehead atoms. The maximum atomic E-state index is 6.53. The van der Waals surface area contributed by atoms with Crippen LogP contribution in [0.4, 0.5) is 0 Å². The molecule has 0 amide bonds. The van der Waals surface area contributed by atoms with Crippen molar-refractivity contribution < 1.29 is 0 Å². The van der Waals surface area contributed by atoms with Gasteiger partial charge in [0.05, 0.1) is 0 Å². The zero-order chi connectivity index (χ0) is 12.9. The summed E-state index contributed by atoms with van der Waals surface area (Å²) < 4.78 is 0. The van der Waals surface area contributed by atoms with Gasteiger partial charge in [-0.2, -0.15) is 0 Å². The lowest BCUT2D eigenvalue weighted by Gasteiger charge is -2.43. The maximum Gasteiger partial charge on any atom is 0.0329 e. The van der Waals surface area contributed by atoms with E-state index in [1.165, 1.54) is 51.6 Å². The number of hydrogen-bond acceptors (Lipinski definition) is 2. The molecule has 1 rings (SSSR count).